The Kier molecular flexibility index (Phi) is 3.50. The molecular weight excluding hydrogens is 298 g/mol. The van der Waals surface area contributed by atoms with Crippen LogP contribution in [-0.4, -0.2) is 14.8 Å². The van der Waals surface area contributed by atoms with E-state index in [-0.39, 0.29) is 11.6 Å². The van der Waals surface area contributed by atoms with Gasteiger partial charge in [0.05, 0.1) is 17.8 Å². The molecule has 2 aromatic carbocycles. The van der Waals surface area contributed by atoms with Crippen LogP contribution < -0.4 is 5.56 Å². The first-order chi connectivity index (χ1) is 11.7. The summed E-state index contributed by atoms with van der Waals surface area (Å²) in [5.41, 5.74) is 4.16. The van der Waals surface area contributed by atoms with Crippen LogP contribution in [0.4, 0.5) is 0 Å². The van der Waals surface area contributed by atoms with E-state index in [1.165, 1.54) is 0 Å². The van der Waals surface area contributed by atoms with Crippen molar-refractivity contribution in [2.75, 3.05) is 0 Å². The fourth-order valence-corrected chi connectivity index (χ4v) is 2.99. The second-order valence-corrected chi connectivity index (χ2v) is 5.92. The van der Waals surface area contributed by atoms with Gasteiger partial charge < -0.3 is 4.57 Å². The smallest absolute Gasteiger partial charge is 0.251 e. The van der Waals surface area contributed by atoms with Crippen LogP contribution in [-0.2, 0) is 0 Å². The molecule has 2 heterocycles. The molecule has 4 rings (SSSR count). The van der Waals surface area contributed by atoms with Gasteiger partial charge in [0.2, 0.25) is 0 Å². The van der Waals surface area contributed by atoms with Gasteiger partial charge in [-0.15, -0.1) is 0 Å². The lowest BCUT2D eigenvalue weighted by molar-refractivity contribution is 0.616. The third kappa shape index (κ3) is 2.52. The van der Waals surface area contributed by atoms with E-state index in [9.17, 15) is 4.79 Å². The predicted molar refractivity (Wildman–Crippen MR) is 96.0 cm³/mol. The minimum Gasteiger partial charge on any atom is -0.308 e. The summed E-state index contributed by atoms with van der Waals surface area (Å²) in [5.74, 6) is 0. The molecule has 0 spiro atoms. The predicted octanol–water partition coefficient (Wildman–Crippen LogP) is 4.00. The van der Waals surface area contributed by atoms with Crippen molar-refractivity contribution in [1.82, 2.24) is 14.8 Å². The molecule has 0 aliphatic rings. The number of rotatable bonds is 3. The molecule has 1 N–H and O–H groups in total. The van der Waals surface area contributed by atoms with Gasteiger partial charge in [-0.2, -0.15) is 5.10 Å². The summed E-state index contributed by atoms with van der Waals surface area (Å²) >= 11 is 0. The fourth-order valence-electron chi connectivity index (χ4n) is 2.99. The van der Waals surface area contributed by atoms with Crippen LogP contribution in [0.1, 0.15) is 18.5 Å². The lowest BCUT2D eigenvalue weighted by Crippen LogP contribution is -2.22. The van der Waals surface area contributed by atoms with Crippen LogP contribution in [0.3, 0.4) is 0 Å². The lowest BCUT2D eigenvalue weighted by Gasteiger charge is -2.17. The average molecular weight is 315 g/mol. The topological polar surface area (TPSA) is 50.7 Å². The normalized spacial score (nSPS) is 12.4. The molecule has 2 aromatic heterocycles. The average Bonchev–Trinajstić information content (AvgIpc) is 3.10. The van der Waals surface area contributed by atoms with E-state index < -0.39 is 0 Å². The highest BCUT2D eigenvalue weighted by atomic mass is 16.1. The molecule has 0 saturated heterocycles. The molecule has 1 atom stereocenters. The Labute approximate surface area is 139 Å². The number of hydrogen-bond donors (Lipinski definition) is 1. The Hall–Kier alpha value is -3.14. The molecule has 118 valence electrons. The summed E-state index contributed by atoms with van der Waals surface area (Å²) in [7, 11) is 0. The van der Waals surface area contributed by atoms with Crippen LogP contribution in [0.25, 0.3) is 22.0 Å². The zero-order valence-corrected chi connectivity index (χ0v) is 13.3. The van der Waals surface area contributed by atoms with E-state index in [1.54, 1.807) is 16.8 Å². The number of nitrogens with one attached hydrogen (secondary N) is 1. The van der Waals surface area contributed by atoms with Gasteiger partial charge in [0.25, 0.3) is 5.56 Å². The third-order valence-electron chi connectivity index (χ3n) is 4.41. The number of pyridine rings is 1. The first-order valence-electron chi connectivity index (χ1n) is 7.93. The number of benzene rings is 2. The number of hydrogen-bond acceptors (Lipinski definition) is 2. The number of aromatic amines is 1. The van der Waals surface area contributed by atoms with Crippen LogP contribution >= 0.6 is 0 Å². The van der Waals surface area contributed by atoms with E-state index >= 15 is 0 Å². The monoisotopic (exact) mass is 315 g/mol. The quantitative estimate of drug-likeness (QED) is 0.621. The molecule has 4 heteroatoms. The summed E-state index contributed by atoms with van der Waals surface area (Å²) in [6, 6.07) is 19.7. The summed E-state index contributed by atoms with van der Waals surface area (Å²) < 4.78 is 1.78. The minimum atomic E-state index is -0.0189. The Morgan fingerprint density at radius 1 is 1.00 bits per heavy atom. The molecule has 0 radical (unpaired) electrons. The Balaban J connectivity index is 1.79. The second kappa shape index (κ2) is 5.81. The lowest BCUT2D eigenvalue weighted by atomic mass is 10.0. The van der Waals surface area contributed by atoms with Gasteiger partial charge in [-0.05, 0) is 35.7 Å². The van der Waals surface area contributed by atoms with Gasteiger partial charge in [-0.1, -0.05) is 42.5 Å². The molecule has 0 fully saturated rings. The molecule has 0 aliphatic heterocycles. The summed E-state index contributed by atoms with van der Waals surface area (Å²) in [5, 5.41) is 8.12. The van der Waals surface area contributed by atoms with Gasteiger partial charge in [-0.25, -0.2) is 0 Å². The van der Waals surface area contributed by atoms with Crippen molar-refractivity contribution in [3.05, 3.63) is 89.0 Å². The van der Waals surface area contributed by atoms with Crippen LogP contribution in [0, 0.1) is 0 Å². The molecule has 1 unspecified atom stereocenters. The van der Waals surface area contributed by atoms with Gasteiger partial charge in [-0.3, -0.25) is 9.89 Å². The minimum absolute atomic E-state index is 0.00211. The molecule has 4 aromatic rings. The largest absolute Gasteiger partial charge is 0.308 e. The van der Waals surface area contributed by atoms with Crippen molar-refractivity contribution >= 4 is 10.9 Å². The molecule has 0 saturated carbocycles. The summed E-state index contributed by atoms with van der Waals surface area (Å²) in [6.07, 6.45) is 3.73. The SMILES string of the molecule is CC(c1ccccc1)n1cc(-c2ccc3cn[nH]c3c2)ccc1=O. The first-order valence-corrected chi connectivity index (χ1v) is 7.93. The molecule has 0 bridgehead atoms. The fraction of sp³-hybridized carbons (Fsp3) is 0.100. The zero-order chi connectivity index (χ0) is 16.5. The van der Waals surface area contributed by atoms with E-state index in [0.29, 0.717) is 0 Å². The van der Waals surface area contributed by atoms with Gasteiger partial charge >= 0.3 is 0 Å². The van der Waals surface area contributed by atoms with E-state index in [1.807, 2.05) is 55.6 Å². The summed E-state index contributed by atoms with van der Waals surface area (Å²) in [6.45, 7) is 2.04. The van der Waals surface area contributed by atoms with E-state index in [2.05, 4.69) is 22.3 Å². The molecule has 24 heavy (non-hydrogen) atoms. The number of nitrogens with zero attached hydrogens (tertiary/aromatic N) is 2. The second-order valence-electron chi connectivity index (χ2n) is 5.92. The first kappa shape index (κ1) is 14.5. The maximum Gasteiger partial charge on any atom is 0.251 e. The van der Waals surface area contributed by atoms with Crippen LogP contribution in [0.15, 0.2) is 77.9 Å². The van der Waals surface area contributed by atoms with Crippen molar-refractivity contribution < 1.29 is 0 Å². The molecule has 0 amide bonds. The van der Waals surface area contributed by atoms with Gasteiger partial charge in [0, 0.05) is 17.6 Å². The van der Waals surface area contributed by atoms with E-state index in [0.717, 1.165) is 27.6 Å². The van der Waals surface area contributed by atoms with Crippen molar-refractivity contribution in [2.45, 2.75) is 13.0 Å². The zero-order valence-electron chi connectivity index (χ0n) is 13.3. The van der Waals surface area contributed by atoms with Crippen molar-refractivity contribution in [2.24, 2.45) is 0 Å². The molecule has 0 aliphatic carbocycles. The molecular formula is C20H17N3O. The van der Waals surface area contributed by atoms with Crippen LogP contribution in [0.2, 0.25) is 0 Å². The van der Waals surface area contributed by atoms with Gasteiger partial charge in [0.15, 0.2) is 0 Å². The number of H-pyrrole nitrogens is 1. The van der Waals surface area contributed by atoms with Crippen LogP contribution in [0.5, 0.6) is 0 Å². The maximum absolute atomic E-state index is 12.3. The maximum atomic E-state index is 12.3. The standard InChI is InChI=1S/C20H17N3O/c1-14(15-5-3-2-4-6-15)23-13-18(9-10-20(23)24)16-7-8-17-12-21-22-19(17)11-16/h2-14H,1H3,(H,21,22). The highest BCUT2D eigenvalue weighted by Crippen LogP contribution is 2.24. The Bertz CT molecular complexity index is 1050. The van der Waals surface area contributed by atoms with Crippen molar-refractivity contribution in [3.63, 3.8) is 0 Å². The highest BCUT2D eigenvalue weighted by Gasteiger charge is 2.10. The van der Waals surface area contributed by atoms with Gasteiger partial charge in [0.1, 0.15) is 0 Å². The molecule has 4 nitrogen and oxygen atoms in total. The summed E-state index contributed by atoms with van der Waals surface area (Å²) in [4.78, 5) is 12.3. The number of aromatic nitrogens is 3. The third-order valence-corrected chi connectivity index (χ3v) is 4.41. The Morgan fingerprint density at radius 3 is 2.62 bits per heavy atom. The van der Waals surface area contributed by atoms with Crippen molar-refractivity contribution in [3.8, 4) is 11.1 Å². The Morgan fingerprint density at radius 2 is 1.79 bits per heavy atom. The highest BCUT2D eigenvalue weighted by molar-refractivity contribution is 5.83. The van der Waals surface area contributed by atoms with Crippen molar-refractivity contribution in [1.29, 1.82) is 0 Å². The number of fused-ring (bicyclic) bond motifs is 1. The van der Waals surface area contributed by atoms with E-state index in [4.69, 9.17) is 0 Å².